The van der Waals surface area contributed by atoms with Crippen molar-refractivity contribution in [3.63, 3.8) is 0 Å². The van der Waals surface area contributed by atoms with Crippen LogP contribution < -0.4 is 16.0 Å². The molecule has 0 aliphatic carbocycles. The lowest BCUT2D eigenvalue weighted by molar-refractivity contribution is 0.0953. The lowest BCUT2D eigenvalue weighted by Crippen LogP contribution is -2.25. The van der Waals surface area contributed by atoms with E-state index in [9.17, 15) is 4.79 Å². The minimum absolute atomic E-state index is 0.0294. The fourth-order valence-electron chi connectivity index (χ4n) is 3.13. The molecule has 1 amide bonds. The van der Waals surface area contributed by atoms with E-state index >= 15 is 0 Å². The van der Waals surface area contributed by atoms with Gasteiger partial charge in [-0.05, 0) is 61.7 Å². The Hall–Kier alpha value is -2.04. The lowest BCUT2D eigenvalue weighted by Gasteiger charge is -2.16. The van der Waals surface area contributed by atoms with E-state index in [4.69, 9.17) is 11.6 Å². The fourth-order valence-corrected chi connectivity index (χ4v) is 3.37. The summed E-state index contributed by atoms with van der Waals surface area (Å²) in [5, 5.41) is 10.6. The Morgan fingerprint density at radius 1 is 1.04 bits per heavy atom. The molecule has 1 aliphatic rings. The minimum atomic E-state index is -0.0294. The summed E-state index contributed by atoms with van der Waals surface area (Å²) >= 11 is 6.41. The van der Waals surface area contributed by atoms with Crippen molar-refractivity contribution in [2.45, 2.75) is 19.3 Å². The van der Waals surface area contributed by atoms with E-state index in [1.165, 1.54) is 11.1 Å². The Balaban J connectivity index is 1.50. The molecule has 0 bridgehead atoms. The highest BCUT2D eigenvalue weighted by molar-refractivity contribution is 6.33. The molecular formula is C20H24ClN3O. The van der Waals surface area contributed by atoms with Crippen LogP contribution in [-0.2, 0) is 12.8 Å². The average Bonchev–Trinajstić information content (AvgIpc) is 2.89. The molecule has 0 saturated heterocycles. The Bertz CT molecular complexity index is 718. The zero-order chi connectivity index (χ0) is 17.5. The molecule has 2 aromatic carbocycles. The zero-order valence-corrected chi connectivity index (χ0v) is 15.0. The van der Waals surface area contributed by atoms with Gasteiger partial charge in [-0.15, -0.1) is 0 Å². The molecule has 5 heteroatoms. The van der Waals surface area contributed by atoms with Crippen LogP contribution in [0.5, 0.6) is 0 Å². The van der Waals surface area contributed by atoms with Gasteiger partial charge in [0.2, 0.25) is 0 Å². The Labute approximate surface area is 154 Å². The highest BCUT2D eigenvalue weighted by atomic mass is 35.5. The van der Waals surface area contributed by atoms with Gasteiger partial charge in [-0.2, -0.15) is 0 Å². The molecule has 0 aromatic heterocycles. The van der Waals surface area contributed by atoms with Crippen LogP contribution in [-0.4, -0.2) is 32.1 Å². The first-order valence-electron chi connectivity index (χ1n) is 8.84. The first-order chi connectivity index (χ1) is 12.3. The van der Waals surface area contributed by atoms with Crippen LogP contribution in [0.3, 0.4) is 0 Å². The number of carbonyl (C=O) groups is 1. The highest BCUT2D eigenvalue weighted by Crippen LogP contribution is 2.30. The van der Waals surface area contributed by atoms with Crippen LogP contribution in [0.25, 0.3) is 0 Å². The molecule has 0 atom stereocenters. The number of nitrogens with one attached hydrogen (secondary N) is 3. The molecule has 1 heterocycles. The van der Waals surface area contributed by atoms with Gasteiger partial charge >= 0.3 is 0 Å². The smallest absolute Gasteiger partial charge is 0.251 e. The van der Waals surface area contributed by atoms with Gasteiger partial charge in [0, 0.05) is 18.7 Å². The molecule has 1 aliphatic heterocycles. The summed E-state index contributed by atoms with van der Waals surface area (Å²) in [7, 11) is 0. The van der Waals surface area contributed by atoms with Gasteiger partial charge in [-0.25, -0.2) is 0 Å². The third-order valence-electron chi connectivity index (χ3n) is 4.46. The third-order valence-corrected chi connectivity index (χ3v) is 4.77. The summed E-state index contributed by atoms with van der Waals surface area (Å²) in [6.45, 7) is 3.41. The van der Waals surface area contributed by atoms with Crippen LogP contribution >= 0.6 is 11.6 Å². The number of fused-ring (bicyclic) bond motifs is 1. The van der Waals surface area contributed by atoms with Gasteiger partial charge in [0.15, 0.2) is 0 Å². The monoisotopic (exact) mass is 357 g/mol. The molecule has 0 spiro atoms. The van der Waals surface area contributed by atoms with E-state index in [0.29, 0.717) is 12.1 Å². The number of hydrogen-bond acceptors (Lipinski definition) is 3. The molecule has 3 N–H and O–H groups in total. The molecule has 0 radical (unpaired) electrons. The van der Waals surface area contributed by atoms with Crippen molar-refractivity contribution in [3.05, 3.63) is 64.2 Å². The SMILES string of the molecule is O=C(NCCCNc1c(Cl)ccc2c1CCNCC2)c1ccccc1. The summed E-state index contributed by atoms with van der Waals surface area (Å²) in [5.41, 5.74) is 4.44. The Kier molecular flexibility index (Phi) is 6.31. The summed E-state index contributed by atoms with van der Waals surface area (Å²) in [4.78, 5) is 12.0. The summed E-state index contributed by atoms with van der Waals surface area (Å²) in [6, 6.07) is 13.4. The van der Waals surface area contributed by atoms with Gasteiger partial charge in [0.25, 0.3) is 5.91 Å². The van der Waals surface area contributed by atoms with Crippen LogP contribution in [0.1, 0.15) is 27.9 Å². The summed E-state index contributed by atoms with van der Waals surface area (Å²) in [6.07, 6.45) is 2.87. The number of benzene rings is 2. The zero-order valence-electron chi connectivity index (χ0n) is 14.3. The number of anilines is 1. The Morgan fingerprint density at radius 3 is 2.68 bits per heavy atom. The highest BCUT2D eigenvalue weighted by Gasteiger charge is 2.14. The quantitative estimate of drug-likeness (QED) is 0.695. The molecule has 3 rings (SSSR count). The largest absolute Gasteiger partial charge is 0.384 e. The molecule has 2 aromatic rings. The lowest BCUT2D eigenvalue weighted by atomic mass is 10.0. The van der Waals surface area contributed by atoms with Crippen molar-refractivity contribution >= 4 is 23.2 Å². The maximum absolute atomic E-state index is 12.0. The van der Waals surface area contributed by atoms with E-state index in [0.717, 1.165) is 49.6 Å². The predicted molar refractivity (Wildman–Crippen MR) is 104 cm³/mol. The predicted octanol–water partition coefficient (Wildman–Crippen LogP) is 3.26. The van der Waals surface area contributed by atoms with E-state index < -0.39 is 0 Å². The van der Waals surface area contributed by atoms with Gasteiger partial charge in [-0.1, -0.05) is 35.9 Å². The van der Waals surface area contributed by atoms with Crippen LogP contribution in [0.4, 0.5) is 5.69 Å². The average molecular weight is 358 g/mol. The van der Waals surface area contributed by atoms with Crippen molar-refractivity contribution in [1.82, 2.24) is 10.6 Å². The van der Waals surface area contributed by atoms with E-state index in [1.807, 2.05) is 36.4 Å². The number of amides is 1. The molecular weight excluding hydrogens is 334 g/mol. The maximum atomic E-state index is 12.0. The molecule has 132 valence electrons. The summed E-state index contributed by atoms with van der Waals surface area (Å²) < 4.78 is 0. The maximum Gasteiger partial charge on any atom is 0.251 e. The van der Waals surface area contributed by atoms with Crippen molar-refractivity contribution in [2.75, 3.05) is 31.5 Å². The van der Waals surface area contributed by atoms with Crippen molar-refractivity contribution < 1.29 is 4.79 Å². The number of halogens is 1. The first kappa shape index (κ1) is 17.8. The van der Waals surface area contributed by atoms with Crippen molar-refractivity contribution in [2.24, 2.45) is 0 Å². The number of rotatable bonds is 6. The Morgan fingerprint density at radius 2 is 1.84 bits per heavy atom. The summed E-state index contributed by atoms with van der Waals surface area (Å²) in [5.74, 6) is -0.0294. The molecule has 4 nitrogen and oxygen atoms in total. The minimum Gasteiger partial charge on any atom is -0.384 e. The molecule has 0 saturated carbocycles. The second-order valence-electron chi connectivity index (χ2n) is 6.21. The topological polar surface area (TPSA) is 53.2 Å². The number of carbonyl (C=O) groups excluding carboxylic acids is 1. The second kappa shape index (κ2) is 8.88. The van der Waals surface area contributed by atoms with E-state index in [-0.39, 0.29) is 5.91 Å². The second-order valence-corrected chi connectivity index (χ2v) is 6.62. The first-order valence-corrected chi connectivity index (χ1v) is 9.21. The molecule has 0 unspecified atom stereocenters. The van der Waals surface area contributed by atoms with Crippen LogP contribution in [0, 0.1) is 0 Å². The van der Waals surface area contributed by atoms with Crippen molar-refractivity contribution in [3.8, 4) is 0 Å². The fraction of sp³-hybridized carbons (Fsp3) is 0.350. The van der Waals surface area contributed by atoms with E-state index in [2.05, 4.69) is 22.0 Å². The van der Waals surface area contributed by atoms with Crippen LogP contribution in [0.15, 0.2) is 42.5 Å². The standard InChI is InChI=1S/C20H24ClN3O/c21-18-8-7-15-9-13-22-14-10-17(15)19(18)23-11-4-12-24-20(25)16-5-2-1-3-6-16/h1-3,5-8,22-23H,4,9-14H2,(H,24,25). The van der Waals surface area contributed by atoms with Gasteiger partial charge < -0.3 is 16.0 Å². The van der Waals surface area contributed by atoms with Gasteiger partial charge in [0.1, 0.15) is 0 Å². The number of hydrogen-bond donors (Lipinski definition) is 3. The third kappa shape index (κ3) is 4.74. The van der Waals surface area contributed by atoms with E-state index in [1.54, 1.807) is 0 Å². The van der Waals surface area contributed by atoms with Gasteiger partial charge in [0.05, 0.1) is 10.7 Å². The van der Waals surface area contributed by atoms with Crippen LogP contribution in [0.2, 0.25) is 5.02 Å². The normalized spacial score (nSPS) is 13.6. The van der Waals surface area contributed by atoms with Crippen molar-refractivity contribution in [1.29, 1.82) is 0 Å². The molecule has 25 heavy (non-hydrogen) atoms. The van der Waals surface area contributed by atoms with Gasteiger partial charge in [-0.3, -0.25) is 4.79 Å². The molecule has 0 fully saturated rings.